The van der Waals surface area contributed by atoms with Crippen LogP contribution in [0.5, 0.6) is 0 Å². The van der Waals surface area contributed by atoms with Crippen molar-refractivity contribution in [2.24, 2.45) is 0 Å². The summed E-state index contributed by atoms with van der Waals surface area (Å²) in [7, 11) is 0. The Morgan fingerprint density at radius 2 is 2.22 bits per heavy atom. The zero-order valence-electron chi connectivity index (χ0n) is 6.02. The summed E-state index contributed by atoms with van der Waals surface area (Å²) in [6, 6.07) is 0. The lowest BCUT2D eigenvalue weighted by Gasteiger charge is -2.21. The minimum atomic E-state index is 0. The van der Waals surface area contributed by atoms with Crippen LogP contribution < -0.4 is 5.32 Å². The van der Waals surface area contributed by atoms with Gasteiger partial charge in [0, 0.05) is 8.03 Å². The molecule has 0 aromatic heterocycles. The highest BCUT2D eigenvalue weighted by Gasteiger charge is 2.11. The Kier molecular flexibility index (Phi) is 3.01. The van der Waals surface area contributed by atoms with Gasteiger partial charge in [-0.1, -0.05) is 0 Å². The SMILES string of the molecule is CCOC1CCNCC1.[HH]. The minimum Gasteiger partial charge on any atom is -0.378 e. The van der Waals surface area contributed by atoms with Crippen molar-refractivity contribution in [2.75, 3.05) is 19.7 Å². The van der Waals surface area contributed by atoms with Crippen LogP contribution in [0, 0.1) is 0 Å². The largest absolute Gasteiger partial charge is 0.378 e. The van der Waals surface area contributed by atoms with Crippen molar-refractivity contribution in [1.29, 1.82) is 0 Å². The molecule has 56 valence electrons. The van der Waals surface area contributed by atoms with Gasteiger partial charge in [-0.15, -0.1) is 0 Å². The van der Waals surface area contributed by atoms with Crippen LogP contribution >= 0.6 is 0 Å². The Labute approximate surface area is 58.1 Å². The highest BCUT2D eigenvalue weighted by atomic mass is 16.5. The molecule has 0 aliphatic carbocycles. The van der Waals surface area contributed by atoms with E-state index < -0.39 is 0 Å². The van der Waals surface area contributed by atoms with Gasteiger partial charge in [-0.25, -0.2) is 0 Å². The summed E-state index contributed by atoms with van der Waals surface area (Å²) < 4.78 is 5.44. The quantitative estimate of drug-likeness (QED) is 0.604. The first-order chi connectivity index (χ1) is 4.43. The smallest absolute Gasteiger partial charge is 0.0599 e. The molecule has 0 radical (unpaired) electrons. The number of rotatable bonds is 2. The topological polar surface area (TPSA) is 21.3 Å². The number of hydrogen-bond acceptors (Lipinski definition) is 2. The second-order valence-electron chi connectivity index (χ2n) is 2.40. The summed E-state index contributed by atoms with van der Waals surface area (Å²) in [5.74, 6) is 0. The second-order valence-corrected chi connectivity index (χ2v) is 2.40. The molecule has 0 saturated carbocycles. The number of nitrogens with one attached hydrogen (secondary N) is 1. The maximum Gasteiger partial charge on any atom is 0.0599 e. The minimum absolute atomic E-state index is 0. The van der Waals surface area contributed by atoms with Crippen molar-refractivity contribution < 1.29 is 6.16 Å². The average Bonchev–Trinajstić information content (AvgIpc) is 1.91. The second kappa shape index (κ2) is 3.85. The lowest BCUT2D eigenvalue weighted by atomic mass is 10.1. The van der Waals surface area contributed by atoms with Crippen LogP contribution in [-0.4, -0.2) is 25.8 Å². The fourth-order valence-electron chi connectivity index (χ4n) is 1.20. The third-order valence-electron chi connectivity index (χ3n) is 1.69. The van der Waals surface area contributed by atoms with Crippen LogP contribution in [0.2, 0.25) is 0 Å². The van der Waals surface area contributed by atoms with Crippen molar-refractivity contribution in [2.45, 2.75) is 25.9 Å². The Bertz CT molecular complexity index is 71.3. The van der Waals surface area contributed by atoms with Gasteiger partial charge in [-0.3, -0.25) is 0 Å². The van der Waals surface area contributed by atoms with Crippen LogP contribution in [0.4, 0.5) is 0 Å². The molecule has 2 heteroatoms. The Balaban J connectivity index is 0.000000810. The monoisotopic (exact) mass is 131 g/mol. The molecule has 0 aromatic carbocycles. The van der Waals surface area contributed by atoms with E-state index in [1.165, 1.54) is 12.8 Å². The fraction of sp³-hybridized carbons (Fsp3) is 1.00. The van der Waals surface area contributed by atoms with E-state index in [9.17, 15) is 0 Å². The maximum atomic E-state index is 5.44. The molecule has 0 amide bonds. The molecule has 0 unspecified atom stereocenters. The third-order valence-corrected chi connectivity index (χ3v) is 1.69. The summed E-state index contributed by atoms with van der Waals surface area (Å²) in [6.07, 6.45) is 2.91. The van der Waals surface area contributed by atoms with Crippen LogP contribution in [0.1, 0.15) is 21.2 Å². The zero-order chi connectivity index (χ0) is 6.53. The average molecular weight is 131 g/mol. The van der Waals surface area contributed by atoms with Gasteiger partial charge in [-0.05, 0) is 32.9 Å². The highest BCUT2D eigenvalue weighted by molar-refractivity contribution is 4.67. The van der Waals surface area contributed by atoms with Crippen molar-refractivity contribution in [3.63, 3.8) is 0 Å². The lowest BCUT2D eigenvalue weighted by molar-refractivity contribution is 0.0416. The van der Waals surface area contributed by atoms with Crippen LogP contribution in [0.25, 0.3) is 0 Å². The fourth-order valence-corrected chi connectivity index (χ4v) is 1.20. The molecular weight excluding hydrogens is 114 g/mol. The molecule has 2 nitrogen and oxygen atoms in total. The van der Waals surface area contributed by atoms with E-state index in [1.54, 1.807) is 0 Å². The van der Waals surface area contributed by atoms with Crippen molar-refractivity contribution in [3.8, 4) is 0 Å². The number of hydrogen-bond donors (Lipinski definition) is 1. The molecule has 0 spiro atoms. The molecule has 1 saturated heterocycles. The van der Waals surface area contributed by atoms with Crippen molar-refractivity contribution >= 4 is 0 Å². The van der Waals surface area contributed by atoms with E-state index in [-0.39, 0.29) is 1.43 Å². The molecule has 9 heavy (non-hydrogen) atoms. The molecule has 1 aliphatic heterocycles. The van der Waals surface area contributed by atoms with Gasteiger partial charge < -0.3 is 10.1 Å². The first-order valence-corrected chi connectivity index (χ1v) is 3.76. The van der Waals surface area contributed by atoms with Crippen LogP contribution in [-0.2, 0) is 4.74 Å². The Morgan fingerprint density at radius 3 is 2.78 bits per heavy atom. The van der Waals surface area contributed by atoms with Crippen LogP contribution in [0.15, 0.2) is 0 Å². The highest BCUT2D eigenvalue weighted by Crippen LogP contribution is 2.05. The van der Waals surface area contributed by atoms with Gasteiger partial charge in [0.15, 0.2) is 0 Å². The van der Waals surface area contributed by atoms with Crippen molar-refractivity contribution in [1.82, 2.24) is 5.32 Å². The van der Waals surface area contributed by atoms with E-state index in [2.05, 4.69) is 12.2 Å². The van der Waals surface area contributed by atoms with Gasteiger partial charge in [0.2, 0.25) is 0 Å². The molecule has 1 rings (SSSR count). The summed E-state index contributed by atoms with van der Waals surface area (Å²) in [5, 5.41) is 3.29. The van der Waals surface area contributed by atoms with Gasteiger partial charge in [0.1, 0.15) is 0 Å². The van der Waals surface area contributed by atoms with Gasteiger partial charge in [0.25, 0.3) is 0 Å². The van der Waals surface area contributed by atoms with Gasteiger partial charge >= 0.3 is 0 Å². The summed E-state index contributed by atoms with van der Waals surface area (Å²) in [5.41, 5.74) is 0. The summed E-state index contributed by atoms with van der Waals surface area (Å²) in [4.78, 5) is 0. The van der Waals surface area contributed by atoms with Gasteiger partial charge in [-0.2, -0.15) is 0 Å². The third kappa shape index (κ3) is 2.33. The van der Waals surface area contributed by atoms with E-state index in [4.69, 9.17) is 4.74 Å². The maximum absolute atomic E-state index is 5.44. The normalized spacial score (nSPS) is 22.3. The Hall–Kier alpha value is -0.0800. The van der Waals surface area contributed by atoms with E-state index in [1.807, 2.05) is 0 Å². The summed E-state index contributed by atoms with van der Waals surface area (Å²) >= 11 is 0. The molecule has 0 aromatic rings. The predicted octanol–water partition coefficient (Wildman–Crippen LogP) is 1.02. The molecule has 1 fully saturated rings. The molecule has 1 heterocycles. The van der Waals surface area contributed by atoms with Crippen molar-refractivity contribution in [3.05, 3.63) is 0 Å². The zero-order valence-corrected chi connectivity index (χ0v) is 6.02. The van der Waals surface area contributed by atoms with E-state index in [0.29, 0.717) is 6.10 Å². The van der Waals surface area contributed by atoms with E-state index in [0.717, 1.165) is 19.7 Å². The molecular formula is C7H17NO. The standard InChI is InChI=1S/C7H15NO.H2/c1-2-9-7-3-5-8-6-4-7;/h7-8H,2-6H2,1H3;1H. The first kappa shape index (κ1) is 7.03. The predicted molar refractivity (Wildman–Crippen MR) is 39.6 cm³/mol. The molecule has 1 N–H and O–H groups in total. The molecule has 0 atom stereocenters. The number of piperidine rings is 1. The first-order valence-electron chi connectivity index (χ1n) is 3.76. The van der Waals surface area contributed by atoms with Crippen LogP contribution in [0.3, 0.4) is 0 Å². The lowest BCUT2D eigenvalue weighted by Crippen LogP contribution is -2.32. The van der Waals surface area contributed by atoms with E-state index >= 15 is 0 Å². The summed E-state index contributed by atoms with van der Waals surface area (Å²) in [6.45, 7) is 5.18. The number of ether oxygens (including phenoxy) is 1. The molecule has 0 bridgehead atoms. The van der Waals surface area contributed by atoms with Gasteiger partial charge in [0.05, 0.1) is 6.10 Å². The molecule has 1 aliphatic rings. The Morgan fingerprint density at radius 1 is 1.56 bits per heavy atom.